The summed E-state index contributed by atoms with van der Waals surface area (Å²) in [5.41, 5.74) is 0. The van der Waals surface area contributed by atoms with Crippen LogP contribution in [0.3, 0.4) is 0 Å². The number of ether oxygens (including phenoxy) is 1. The van der Waals surface area contributed by atoms with Gasteiger partial charge in [-0.3, -0.25) is 0 Å². The van der Waals surface area contributed by atoms with Crippen LogP contribution >= 0.6 is 0 Å². The molecule has 5 N–H and O–H groups in total. The van der Waals surface area contributed by atoms with Crippen molar-refractivity contribution in [3.63, 3.8) is 0 Å². The molecule has 1 heterocycles. The molecule has 0 aromatic carbocycles. The van der Waals surface area contributed by atoms with Crippen LogP contribution in [0.4, 0.5) is 4.79 Å². The largest absolute Gasteiger partial charge is 0.394 e. The number of nitrogens with one attached hydrogen (secondary N) is 1. The van der Waals surface area contributed by atoms with Crippen molar-refractivity contribution in [2.75, 3.05) is 20.2 Å². The van der Waals surface area contributed by atoms with Crippen molar-refractivity contribution < 1.29 is 30.0 Å². The van der Waals surface area contributed by atoms with Crippen molar-refractivity contribution in [2.45, 2.75) is 24.6 Å². The fourth-order valence-electron chi connectivity index (χ4n) is 1.73. The Morgan fingerprint density at radius 3 is 2.53 bits per heavy atom. The number of aliphatic hydroxyl groups is 4. The van der Waals surface area contributed by atoms with E-state index in [0.29, 0.717) is 5.01 Å². The van der Waals surface area contributed by atoms with Gasteiger partial charge in [-0.1, -0.05) is 0 Å². The van der Waals surface area contributed by atoms with Crippen molar-refractivity contribution in [1.82, 2.24) is 10.3 Å². The lowest BCUT2D eigenvalue weighted by Gasteiger charge is -2.40. The van der Waals surface area contributed by atoms with Gasteiger partial charge in [-0.15, -0.1) is 4.91 Å². The Morgan fingerprint density at radius 1 is 1.37 bits per heavy atom. The molecule has 0 radical (unpaired) electrons. The van der Waals surface area contributed by atoms with Gasteiger partial charge in [0, 0.05) is 13.6 Å². The second kappa shape index (κ2) is 6.73. The minimum Gasteiger partial charge on any atom is -0.394 e. The van der Waals surface area contributed by atoms with Crippen LogP contribution < -0.4 is 5.32 Å². The van der Waals surface area contributed by atoms with Gasteiger partial charge in [0.2, 0.25) is 0 Å². The zero-order chi connectivity index (χ0) is 14.6. The first-order chi connectivity index (χ1) is 8.92. The average molecular weight is 279 g/mol. The third kappa shape index (κ3) is 3.58. The van der Waals surface area contributed by atoms with E-state index in [1.807, 2.05) is 0 Å². The van der Waals surface area contributed by atoms with Gasteiger partial charge in [0.1, 0.15) is 12.2 Å². The van der Waals surface area contributed by atoms with Crippen LogP contribution in [0.15, 0.2) is 5.29 Å². The lowest BCUT2D eigenvalue weighted by molar-refractivity contribution is -0.268. The number of hydrogen-bond acceptors (Lipinski definition) is 8. The Labute approximate surface area is 108 Å². The van der Waals surface area contributed by atoms with Crippen LogP contribution in [0.25, 0.3) is 0 Å². The van der Waals surface area contributed by atoms with Gasteiger partial charge in [-0.05, 0) is 0 Å². The summed E-state index contributed by atoms with van der Waals surface area (Å²) in [5, 5.41) is 43.0. The smallest absolute Gasteiger partial charge is 0.340 e. The highest BCUT2D eigenvalue weighted by Gasteiger charge is 2.43. The van der Waals surface area contributed by atoms with E-state index in [4.69, 9.17) is 9.84 Å². The number of aliphatic hydroxyl groups excluding tert-OH is 4. The Hall–Kier alpha value is -1.33. The molecule has 2 unspecified atom stereocenters. The van der Waals surface area contributed by atoms with Gasteiger partial charge in [-0.25, -0.2) is 4.79 Å². The topological polar surface area (TPSA) is 152 Å². The number of carbonyl (C=O) groups is 1. The Morgan fingerprint density at radius 2 is 2.00 bits per heavy atom. The first-order valence-electron chi connectivity index (χ1n) is 5.57. The maximum Gasteiger partial charge on any atom is 0.340 e. The van der Waals surface area contributed by atoms with Gasteiger partial charge in [0.15, 0.2) is 6.29 Å². The number of nitrogens with zero attached hydrogens (tertiary/aromatic N) is 2. The van der Waals surface area contributed by atoms with Crippen LogP contribution in [-0.2, 0) is 4.74 Å². The van der Waals surface area contributed by atoms with E-state index < -0.39 is 43.2 Å². The Kier molecular flexibility index (Phi) is 5.57. The molecule has 0 saturated carbocycles. The molecule has 10 nitrogen and oxygen atoms in total. The van der Waals surface area contributed by atoms with Crippen LogP contribution in [0, 0.1) is 10.8 Å². The second-order valence-electron chi connectivity index (χ2n) is 4.18. The number of rotatable bonds is 4. The quantitative estimate of drug-likeness (QED) is 0.278. The van der Waals surface area contributed by atoms with Crippen molar-refractivity contribution in [2.24, 2.45) is 11.2 Å². The van der Waals surface area contributed by atoms with Gasteiger partial charge in [-0.2, -0.15) is 5.01 Å². The average Bonchev–Trinajstić information content (AvgIpc) is 2.41. The molecule has 110 valence electrons. The highest BCUT2D eigenvalue weighted by atomic mass is 16.6. The van der Waals surface area contributed by atoms with Crippen LogP contribution in [0.1, 0.15) is 0 Å². The van der Waals surface area contributed by atoms with E-state index in [-0.39, 0.29) is 6.54 Å². The summed E-state index contributed by atoms with van der Waals surface area (Å²) >= 11 is 0. The lowest BCUT2D eigenvalue weighted by Crippen LogP contribution is -2.58. The zero-order valence-corrected chi connectivity index (χ0v) is 10.2. The van der Waals surface area contributed by atoms with Crippen LogP contribution in [-0.4, -0.2) is 76.3 Å². The molecule has 1 aliphatic heterocycles. The van der Waals surface area contributed by atoms with Crippen LogP contribution in [0.2, 0.25) is 0 Å². The predicted molar refractivity (Wildman–Crippen MR) is 60.4 cm³/mol. The molecule has 2 amide bonds. The molecule has 1 rings (SSSR count). The number of urea groups is 1. The van der Waals surface area contributed by atoms with E-state index in [2.05, 4.69) is 10.6 Å². The third-order valence-corrected chi connectivity index (χ3v) is 2.94. The fraction of sp³-hybridized carbons (Fsp3) is 0.889. The molecule has 1 fully saturated rings. The zero-order valence-electron chi connectivity index (χ0n) is 10.2. The van der Waals surface area contributed by atoms with Gasteiger partial charge < -0.3 is 30.5 Å². The van der Waals surface area contributed by atoms with Gasteiger partial charge in [0.05, 0.1) is 23.9 Å². The number of hydrogen-bond donors (Lipinski definition) is 5. The highest BCUT2D eigenvalue weighted by Crippen LogP contribution is 2.24. The molecule has 0 aromatic rings. The van der Waals surface area contributed by atoms with Crippen molar-refractivity contribution in [3.8, 4) is 0 Å². The maximum absolute atomic E-state index is 11.2. The normalized spacial score (nSPS) is 34.7. The second-order valence-corrected chi connectivity index (χ2v) is 4.18. The van der Waals surface area contributed by atoms with E-state index in [9.17, 15) is 25.0 Å². The van der Waals surface area contributed by atoms with Crippen molar-refractivity contribution in [1.29, 1.82) is 0 Å². The molecule has 0 spiro atoms. The number of nitroso groups, excluding NO2 is 1. The minimum atomic E-state index is -1.47. The van der Waals surface area contributed by atoms with Crippen molar-refractivity contribution in [3.05, 3.63) is 4.91 Å². The summed E-state index contributed by atoms with van der Waals surface area (Å²) in [6.45, 7) is -0.803. The molecule has 19 heavy (non-hydrogen) atoms. The summed E-state index contributed by atoms with van der Waals surface area (Å²) in [7, 11) is 1.13. The third-order valence-electron chi connectivity index (χ3n) is 2.94. The first kappa shape index (κ1) is 15.7. The molecule has 1 saturated heterocycles. The molecular formula is C9H17N3O7. The molecule has 0 bridgehead atoms. The molecular weight excluding hydrogens is 262 g/mol. The van der Waals surface area contributed by atoms with Crippen LogP contribution in [0.5, 0.6) is 0 Å². The van der Waals surface area contributed by atoms with E-state index >= 15 is 0 Å². The van der Waals surface area contributed by atoms with Gasteiger partial charge in [0.25, 0.3) is 0 Å². The monoisotopic (exact) mass is 279 g/mol. The molecule has 0 aromatic heterocycles. The Bertz CT molecular complexity index is 329. The number of amides is 2. The molecule has 10 heteroatoms. The minimum absolute atomic E-state index is 0.240. The van der Waals surface area contributed by atoms with Gasteiger partial charge >= 0.3 is 6.03 Å². The van der Waals surface area contributed by atoms with E-state index in [1.54, 1.807) is 0 Å². The predicted octanol–water partition coefficient (Wildman–Crippen LogP) is -2.64. The maximum atomic E-state index is 11.2. The molecule has 0 aliphatic carbocycles. The number of carbonyl (C=O) groups excluding carboxylic acids is 1. The molecule has 5 atom stereocenters. The summed E-state index contributed by atoms with van der Waals surface area (Å²) < 4.78 is 4.90. The molecule has 1 aliphatic rings. The fourth-order valence-corrected chi connectivity index (χ4v) is 1.73. The Balaban J connectivity index is 2.58. The van der Waals surface area contributed by atoms with Crippen molar-refractivity contribution >= 4 is 6.03 Å². The highest BCUT2D eigenvalue weighted by molar-refractivity contribution is 5.73. The SMILES string of the molecule is CN(N=O)C(=O)NCC1[C@H](O)OC(CO)[C@H](O)[C@@H]1O. The summed E-state index contributed by atoms with van der Waals surface area (Å²) in [5.74, 6) is -0.998. The lowest BCUT2D eigenvalue weighted by atomic mass is 9.91. The standard InChI is InChI=1S/C9H17N3O7/c1-12(11-18)9(17)10-2-4-6(14)7(15)5(3-13)19-8(4)16/h4-8,13-16H,2-3H2,1H3,(H,10,17)/t4?,5?,6-,7+,8-/m1/s1. The first-order valence-corrected chi connectivity index (χ1v) is 5.57. The van der Waals surface area contributed by atoms with E-state index in [1.165, 1.54) is 0 Å². The summed E-state index contributed by atoms with van der Waals surface area (Å²) in [6.07, 6.45) is -5.35. The summed E-state index contributed by atoms with van der Waals surface area (Å²) in [4.78, 5) is 21.3. The summed E-state index contributed by atoms with van der Waals surface area (Å²) in [6, 6.07) is -0.826. The van der Waals surface area contributed by atoms with E-state index in [0.717, 1.165) is 7.05 Å².